The van der Waals surface area contributed by atoms with Gasteiger partial charge in [-0.05, 0) is 19.8 Å². The molecule has 1 saturated heterocycles. The van der Waals surface area contributed by atoms with Crippen molar-refractivity contribution in [3.63, 3.8) is 0 Å². The summed E-state index contributed by atoms with van der Waals surface area (Å²) in [6.07, 6.45) is 1.72. The van der Waals surface area contributed by atoms with E-state index in [2.05, 4.69) is 5.32 Å². The van der Waals surface area contributed by atoms with Crippen molar-refractivity contribution in [1.29, 1.82) is 0 Å². The van der Waals surface area contributed by atoms with Crippen LogP contribution in [0.2, 0.25) is 0 Å². The lowest BCUT2D eigenvalue weighted by molar-refractivity contribution is 0.256. The van der Waals surface area contributed by atoms with Gasteiger partial charge in [-0.15, -0.1) is 0 Å². The summed E-state index contributed by atoms with van der Waals surface area (Å²) in [6, 6.07) is 0.0463. The Labute approximate surface area is 105 Å². The van der Waals surface area contributed by atoms with Crippen molar-refractivity contribution < 1.29 is 8.42 Å². The Kier molecular flexibility index (Phi) is 5.85. The number of piperazine rings is 1. The summed E-state index contributed by atoms with van der Waals surface area (Å²) in [5.74, 6) is 0. The van der Waals surface area contributed by atoms with E-state index in [4.69, 9.17) is 0 Å². The molecule has 1 aliphatic heterocycles. The van der Waals surface area contributed by atoms with Crippen molar-refractivity contribution in [3.8, 4) is 0 Å². The second-order valence-electron chi connectivity index (χ2n) is 4.57. The fraction of sp³-hybridized carbons (Fsp3) is 1.00. The van der Waals surface area contributed by atoms with Crippen LogP contribution in [0.5, 0.6) is 0 Å². The van der Waals surface area contributed by atoms with Crippen LogP contribution >= 0.6 is 0 Å². The van der Waals surface area contributed by atoms with Crippen molar-refractivity contribution in [2.75, 3.05) is 32.7 Å². The van der Waals surface area contributed by atoms with Crippen molar-refractivity contribution in [3.05, 3.63) is 0 Å². The molecule has 1 atom stereocenters. The molecule has 0 bridgehead atoms. The largest absolute Gasteiger partial charge is 0.314 e. The van der Waals surface area contributed by atoms with E-state index < -0.39 is 10.2 Å². The van der Waals surface area contributed by atoms with Gasteiger partial charge in [-0.25, -0.2) is 0 Å². The predicted octanol–water partition coefficient (Wildman–Crippen LogP) is 0.647. The minimum atomic E-state index is -3.27. The van der Waals surface area contributed by atoms with Crippen LogP contribution in [0.25, 0.3) is 0 Å². The van der Waals surface area contributed by atoms with E-state index in [1.165, 1.54) is 0 Å². The first-order chi connectivity index (χ1) is 8.04. The third-order valence-electron chi connectivity index (χ3n) is 3.01. The highest BCUT2D eigenvalue weighted by molar-refractivity contribution is 7.86. The summed E-state index contributed by atoms with van der Waals surface area (Å²) >= 11 is 0. The Bertz CT molecular complexity index is 313. The monoisotopic (exact) mass is 263 g/mol. The molecule has 0 amide bonds. The van der Waals surface area contributed by atoms with Gasteiger partial charge in [0.1, 0.15) is 0 Å². The Morgan fingerprint density at radius 2 is 1.88 bits per heavy atom. The number of nitrogens with zero attached hydrogens (tertiary/aromatic N) is 2. The predicted molar refractivity (Wildman–Crippen MR) is 70.1 cm³/mol. The maximum Gasteiger partial charge on any atom is 0.282 e. The molecule has 0 aromatic rings. The van der Waals surface area contributed by atoms with Crippen LogP contribution in [0.3, 0.4) is 0 Å². The molecule has 1 aliphatic rings. The molecule has 17 heavy (non-hydrogen) atoms. The Morgan fingerprint density at radius 3 is 2.35 bits per heavy atom. The van der Waals surface area contributed by atoms with Crippen LogP contribution in [0, 0.1) is 0 Å². The quantitative estimate of drug-likeness (QED) is 0.765. The SMILES string of the molecule is CCCN(CCC)S(=O)(=O)N1CCNC[C@H]1C. The Balaban J connectivity index is 2.81. The van der Waals surface area contributed by atoms with Gasteiger partial charge in [0.05, 0.1) is 0 Å². The zero-order chi connectivity index (χ0) is 12.9. The lowest BCUT2D eigenvalue weighted by Gasteiger charge is -2.36. The molecular formula is C11H25N3O2S. The molecule has 5 nitrogen and oxygen atoms in total. The molecule has 0 spiro atoms. The third-order valence-corrected chi connectivity index (χ3v) is 5.16. The topological polar surface area (TPSA) is 52.7 Å². The molecule has 1 heterocycles. The van der Waals surface area contributed by atoms with Gasteiger partial charge in [-0.3, -0.25) is 0 Å². The summed E-state index contributed by atoms with van der Waals surface area (Å²) in [5, 5.41) is 3.21. The summed E-state index contributed by atoms with van der Waals surface area (Å²) in [5.41, 5.74) is 0. The van der Waals surface area contributed by atoms with Gasteiger partial charge in [-0.1, -0.05) is 13.8 Å². The summed E-state index contributed by atoms with van der Waals surface area (Å²) in [6.45, 7) is 9.28. The molecule has 0 unspecified atom stereocenters. The normalized spacial score (nSPS) is 23.2. The highest BCUT2D eigenvalue weighted by Gasteiger charge is 2.33. The van der Waals surface area contributed by atoms with Crippen LogP contribution in [-0.2, 0) is 10.2 Å². The molecule has 0 aromatic carbocycles. The summed E-state index contributed by atoms with van der Waals surface area (Å²) in [7, 11) is -3.27. The minimum absolute atomic E-state index is 0.0463. The number of hydrogen-bond acceptors (Lipinski definition) is 3. The van der Waals surface area contributed by atoms with E-state index in [9.17, 15) is 8.42 Å². The van der Waals surface area contributed by atoms with E-state index >= 15 is 0 Å². The van der Waals surface area contributed by atoms with E-state index in [0.717, 1.165) is 25.9 Å². The van der Waals surface area contributed by atoms with Crippen molar-refractivity contribution in [2.24, 2.45) is 0 Å². The first kappa shape index (κ1) is 14.9. The zero-order valence-corrected chi connectivity index (χ0v) is 12.0. The molecule has 1 fully saturated rings. The molecule has 0 aliphatic carbocycles. The van der Waals surface area contributed by atoms with Crippen LogP contribution in [0.4, 0.5) is 0 Å². The smallest absolute Gasteiger partial charge is 0.282 e. The van der Waals surface area contributed by atoms with E-state index in [1.807, 2.05) is 20.8 Å². The number of hydrogen-bond donors (Lipinski definition) is 1. The lowest BCUT2D eigenvalue weighted by Crippen LogP contribution is -2.56. The van der Waals surface area contributed by atoms with Gasteiger partial charge in [0.15, 0.2) is 0 Å². The number of rotatable bonds is 6. The van der Waals surface area contributed by atoms with Gasteiger partial charge in [0.25, 0.3) is 10.2 Å². The second-order valence-corrected chi connectivity index (χ2v) is 6.45. The zero-order valence-electron chi connectivity index (χ0n) is 11.1. The summed E-state index contributed by atoms with van der Waals surface area (Å²) in [4.78, 5) is 0. The molecular weight excluding hydrogens is 238 g/mol. The van der Waals surface area contributed by atoms with Gasteiger partial charge in [0, 0.05) is 38.8 Å². The van der Waals surface area contributed by atoms with Crippen molar-refractivity contribution in [1.82, 2.24) is 13.9 Å². The molecule has 1 rings (SSSR count). The molecule has 0 saturated carbocycles. The highest BCUT2D eigenvalue weighted by atomic mass is 32.2. The maximum absolute atomic E-state index is 12.5. The minimum Gasteiger partial charge on any atom is -0.314 e. The fourth-order valence-electron chi connectivity index (χ4n) is 2.15. The lowest BCUT2D eigenvalue weighted by atomic mass is 10.3. The van der Waals surface area contributed by atoms with Crippen LogP contribution in [0.15, 0.2) is 0 Å². The maximum atomic E-state index is 12.5. The molecule has 0 radical (unpaired) electrons. The van der Waals surface area contributed by atoms with Gasteiger partial charge < -0.3 is 5.32 Å². The fourth-order valence-corrected chi connectivity index (χ4v) is 4.13. The first-order valence-corrected chi connectivity index (χ1v) is 7.91. The average Bonchev–Trinajstić information content (AvgIpc) is 2.29. The van der Waals surface area contributed by atoms with E-state index in [1.54, 1.807) is 8.61 Å². The molecule has 102 valence electrons. The first-order valence-electron chi connectivity index (χ1n) is 6.51. The molecule has 6 heteroatoms. The van der Waals surface area contributed by atoms with Gasteiger partial charge in [0.2, 0.25) is 0 Å². The van der Waals surface area contributed by atoms with E-state index in [-0.39, 0.29) is 6.04 Å². The standard InChI is InChI=1S/C11H25N3O2S/c1-4-7-13(8-5-2)17(15,16)14-9-6-12-10-11(14)3/h11-12H,4-10H2,1-3H3/t11-/m1/s1. The Hall–Kier alpha value is -0.170. The van der Waals surface area contributed by atoms with Crippen molar-refractivity contribution in [2.45, 2.75) is 39.7 Å². The van der Waals surface area contributed by atoms with Crippen molar-refractivity contribution >= 4 is 10.2 Å². The van der Waals surface area contributed by atoms with Gasteiger partial charge in [-0.2, -0.15) is 17.0 Å². The van der Waals surface area contributed by atoms with Crippen LogP contribution < -0.4 is 5.32 Å². The van der Waals surface area contributed by atoms with Gasteiger partial charge >= 0.3 is 0 Å². The second kappa shape index (κ2) is 6.68. The highest BCUT2D eigenvalue weighted by Crippen LogP contribution is 2.15. The van der Waals surface area contributed by atoms with Crippen LogP contribution in [-0.4, -0.2) is 55.8 Å². The summed E-state index contributed by atoms with van der Waals surface area (Å²) < 4.78 is 28.3. The Morgan fingerprint density at radius 1 is 1.29 bits per heavy atom. The molecule has 0 aromatic heterocycles. The average molecular weight is 263 g/mol. The number of nitrogens with one attached hydrogen (secondary N) is 1. The van der Waals surface area contributed by atoms with Crippen LogP contribution in [0.1, 0.15) is 33.6 Å². The molecule has 1 N–H and O–H groups in total. The third kappa shape index (κ3) is 3.64. The van der Waals surface area contributed by atoms with E-state index in [0.29, 0.717) is 19.6 Å².